The normalized spacial score (nSPS) is 16.2. The minimum Gasteiger partial charge on any atom is -0.368 e. The number of carbonyl (C=O) groups excluding carboxylic acids is 2. The average molecular weight is 242 g/mol. The predicted octanol–water partition coefficient (Wildman–Crippen LogP) is -0.825. The Hall–Kier alpha value is -1.89. The molecule has 0 aliphatic carbocycles. The molecule has 0 bridgehead atoms. The van der Waals surface area contributed by atoms with Crippen LogP contribution in [-0.2, 0) is 9.59 Å². The summed E-state index contributed by atoms with van der Waals surface area (Å²) in [6.07, 6.45) is 0. The molecule has 1 fully saturated rings. The molecule has 1 aromatic heterocycles. The SMILES string of the molecule is Nc1nc(Cl)cc(N2CC(=O)NC(=O)C2)n1. The van der Waals surface area contributed by atoms with E-state index in [0.717, 1.165) is 0 Å². The molecule has 8 heteroatoms. The Morgan fingerprint density at radius 3 is 2.50 bits per heavy atom. The molecular weight excluding hydrogens is 234 g/mol. The monoisotopic (exact) mass is 241 g/mol. The molecule has 0 spiro atoms. The van der Waals surface area contributed by atoms with E-state index in [1.54, 1.807) is 0 Å². The summed E-state index contributed by atoms with van der Waals surface area (Å²) in [6, 6.07) is 1.45. The number of nitrogens with two attached hydrogens (primary N) is 1. The molecule has 1 aliphatic heterocycles. The third-order valence-corrected chi connectivity index (χ3v) is 2.16. The smallest absolute Gasteiger partial charge is 0.246 e. The van der Waals surface area contributed by atoms with E-state index in [9.17, 15) is 9.59 Å². The fourth-order valence-corrected chi connectivity index (χ4v) is 1.57. The maximum atomic E-state index is 11.1. The van der Waals surface area contributed by atoms with Gasteiger partial charge in [0.05, 0.1) is 13.1 Å². The number of halogens is 1. The third kappa shape index (κ3) is 2.19. The minimum atomic E-state index is -0.385. The van der Waals surface area contributed by atoms with Crippen molar-refractivity contribution in [3.63, 3.8) is 0 Å². The van der Waals surface area contributed by atoms with E-state index in [1.165, 1.54) is 11.0 Å². The molecule has 1 aliphatic rings. The van der Waals surface area contributed by atoms with Gasteiger partial charge in [0.2, 0.25) is 17.8 Å². The number of carbonyl (C=O) groups is 2. The van der Waals surface area contributed by atoms with E-state index in [1.807, 2.05) is 0 Å². The van der Waals surface area contributed by atoms with Crippen molar-refractivity contribution in [1.82, 2.24) is 15.3 Å². The van der Waals surface area contributed by atoms with Gasteiger partial charge in [-0.3, -0.25) is 14.9 Å². The van der Waals surface area contributed by atoms with E-state index in [4.69, 9.17) is 17.3 Å². The highest BCUT2D eigenvalue weighted by Gasteiger charge is 2.23. The number of nitrogen functional groups attached to an aromatic ring is 1. The summed E-state index contributed by atoms with van der Waals surface area (Å²) >= 11 is 5.70. The molecule has 0 unspecified atom stereocenters. The average Bonchev–Trinajstić information content (AvgIpc) is 2.14. The molecule has 1 saturated heterocycles. The Labute approximate surface area is 95.6 Å². The summed E-state index contributed by atoms with van der Waals surface area (Å²) in [7, 11) is 0. The van der Waals surface area contributed by atoms with Crippen LogP contribution in [0.3, 0.4) is 0 Å². The quantitative estimate of drug-likeness (QED) is 0.492. The van der Waals surface area contributed by atoms with E-state index in [0.29, 0.717) is 5.82 Å². The molecule has 0 atom stereocenters. The fraction of sp³-hybridized carbons (Fsp3) is 0.250. The number of nitrogens with zero attached hydrogens (tertiary/aromatic N) is 3. The second kappa shape index (κ2) is 3.93. The lowest BCUT2D eigenvalue weighted by molar-refractivity contribution is -0.130. The Kier molecular flexibility index (Phi) is 2.61. The van der Waals surface area contributed by atoms with Crippen LogP contribution < -0.4 is 16.0 Å². The Bertz CT molecular complexity index is 427. The fourth-order valence-electron chi connectivity index (χ4n) is 1.38. The van der Waals surface area contributed by atoms with Crippen LogP contribution in [0.4, 0.5) is 11.8 Å². The van der Waals surface area contributed by atoms with Crippen molar-refractivity contribution in [2.75, 3.05) is 23.7 Å². The van der Waals surface area contributed by atoms with Crippen molar-refractivity contribution in [1.29, 1.82) is 0 Å². The maximum absolute atomic E-state index is 11.1. The molecule has 2 rings (SSSR count). The number of aromatic nitrogens is 2. The Balaban J connectivity index is 2.29. The van der Waals surface area contributed by atoms with Gasteiger partial charge < -0.3 is 10.6 Å². The van der Waals surface area contributed by atoms with Crippen LogP contribution in [-0.4, -0.2) is 34.9 Å². The highest BCUT2D eigenvalue weighted by Crippen LogP contribution is 2.17. The molecule has 2 amide bonds. The first-order chi connectivity index (χ1) is 7.54. The third-order valence-electron chi connectivity index (χ3n) is 1.97. The number of hydrogen-bond acceptors (Lipinski definition) is 6. The molecule has 16 heavy (non-hydrogen) atoms. The highest BCUT2D eigenvalue weighted by molar-refractivity contribution is 6.29. The number of hydrogen-bond donors (Lipinski definition) is 2. The Morgan fingerprint density at radius 1 is 1.31 bits per heavy atom. The van der Waals surface area contributed by atoms with Gasteiger partial charge in [-0.25, -0.2) is 4.98 Å². The van der Waals surface area contributed by atoms with Gasteiger partial charge in [0.25, 0.3) is 0 Å². The zero-order valence-corrected chi connectivity index (χ0v) is 8.86. The van der Waals surface area contributed by atoms with Gasteiger partial charge in [-0.1, -0.05) is 11.6 Å². The van der Waals surface area contributed by atoms with Crippen LogP contribution in [0.1, 0.15) is 0 Å². The van der Waals surface area contributed by atoms with E-state index >= 15 is 0 Å². The second-order valence-electron chi connectivity index (χ2n) is 3.23. The van der Waals surface area contributed by atoms with Crippen molar-refractivity contribution >= 4 is 35.2 Å². The van der Waals surface area contributed by atoms with Gasteiger partial charge in [-0.05, 0) is 0 Å². The molecule has 2 heterocycles. The maximum Gasteiger partial charge on any atom is 0.246 e. The number of amides is 2. The molecule has 1 aromatic rings. The standard InChI is InChI=1S/C8H8ClN5O2/c9-4-1-5(12-8(10)11-4)14-2-6(15)13-7(16)3-14/h1H,2-3H2,(H2,10,11,12)(H,13,15,16). The molecule has 0 radical (unpaired) electrons. The summed E-state index contributed by atoms with van der Waals surface area (Å²) in [4.78, 5) is 31.4. The van der Waals surface area contributed by atoms with Crippen molar-refractivity contribution in [2.45, 2.75) is 0 Å². The zero-order chi connectivity index (χ0) is 11.7. The lowest BCUT2D eigenvalue weighted by Gasteiger charge is -2.26. The van der Waals surface area contributed by atoms with Crippen LogP contribution in [0.2, 0.25) is 5.15 Å². The summed E-state index contributed by atoms with van der Waals surface area (Å²) in [6.45, 7) is 0.0804. The van der Waals surface area contributed by atoms with Gasteiger partial charge >= 0.3 is 0 Å². The molecule has 7 nitrogen and oxygen atoms in total. The summed E-state index contributed by atoms with van der Waals surface area (Å²) < 4.78 is 0. The van der Waals surface area contributed by atoms with Crippen molar-refractivity contribution in [3.05, 3.63) is 11.2 Å². The number of rotatable bonds is 1. The van der Waals surface area contributed by atoms with Gasteiger partial charge in [-0.2, -0.15) is 4.98 Å². The Morgan fingerprint density at radius 2 is 1.94 bits per heavy atom. The highest BCUT2D eigenvalue weighted by atomic mass is 35.5. The van der Waals surface area contributed by atoms with Gasteiger partial charge in [-0.15, -0.1) is 0 Å². The van der Waals surface area contributed by atoms with Gasteiger partial charge in [0.1, 0.15) is 11.0 Å². The largest absolute Gasteiger partial charge is 0.368 e. The van der Waals surface area contributed by atoms with E-state index in [2.05, 4.69) is 15.3 Å². The van der Waals surface area contributed by atoms with Crippen LogP contribution in [0.25, 0.3) is 0 Å². The summed E-state index contributed by atoms with van der Waals surface area (Å²) in [5, 5.41) is 2.35. The van der Waals surface area contributed by atoms with E-state index in [-0.39, 0.29) is 36.0 Å². The van der Waals surface area contributed by atoms with Crippen LogP contribution in [0.15, 0.2) is 6.07 Å². The first-order valence-corrected chi connectivity index (χ1v) is 4.80. The zero-order valence-electron chi connectivity index (χ0n) is 8.11. The minimum absolute atomic E-state index is 0.000862. The van der Waals surface area contributed by atoms with Crippen molar-refractivity contribution in [2.24, 2.45) is 0 Å². The summed E-state index contributed by atoms with van der Waals surface area (Å²) in [5.41, 5.74) is 5.42. The van der Waals surface area contributed by atoms with E-state index < -0.39 is 0 Å². The van der Waals surface area contributed by atoms with Crippen LogP contribution in [0, 0.1) is 0 Å². The topological polar surface area (TPSA) is 101 Å². The van der Waals surface area contributed by atoms with Gasteiger partial charge in [0.15, 0.2) is 0 Å². The van der Waals surface area contributed by atoms with Crippen molar-refractivity contribution < 1.29 is 9.59 Å². The van der Waals surface area contributed by atoms with Gasteiger partial charge in [0, 0.05) is 6.07 Å². The molecular formula is C8H8ClN5O2. The molecule has 0 aromatic carbocycles. The van der Waals surface area contributed by atoms with Crippen molar-refractivity contribution in [3.8, 4) is 0 Å². The van der Waals surface area contributed by atoms with Crippen LogP contribution >= 0.6 is 11.6 Å². The van der Waals surface area contributed by atoms with Crippen LogP contribution in [0.5, 0.6) is 0 Å². The molecule has 3 N–H and O–H groups in total. The number of imide groups is 1. The summed E-state index contributed by atoms with van der Waals surface area (Å²) in [5.74, 6) is -0.407. The lowest BCUT2D eigenvalue weighted by atomic mass is 10.3. The second-order valence-corrected chi connectivity index (χ2v) is 3.62. The predicted molar refractivity (Wildman–Crippen MR) is 56.8 cm³/mol. The lowest BCUT2D eigenvalue weighted by Crippen LogP contribution is -2.51. The number of piperazine rings is 1. The first kappa shape index (κ1) is 10.6. The molecule has 84 valence electrons. The molecule has 0 saturated carbocycles. The number of nitrogens with one attached hydrogen (secondary N) is 1. The first-order valence-electron chi connectivity index (χ1n) is 4.42. The number of anilines is 2.